The molecule has 0 saturated heterocycles. The molecule has 4 heteroatoms. The number of methoxy groups -OCH3 is 1. The Bertz CT molecular complexity index is 432. The fourth-order valence-electron chi connectivity index (χ4n) is 2.15. The monoisotopic (exact) mass is 278 g/mol. The predicted octanol–water partition coefficient (Wildman–Crippen LogP) is 3.37. The van der Waals surface area contributed by atoms with Gasteiger partial charge in [0, 0.05) is 17.8 Å². The number of hydrogen-bond donors (Lipinski definition) is 2. The van der Waals surface area contributed by atoms with Gasteiger partial charge in [-0.15, -0.1) is 0 Å². The Morgan fingerprint density at radius 2 is 2.10 bits per heavy atom. The van der Waals surface area contributed by atoms with Crippen molar-refractivity contribution in [1.82, 2.24) is 5.32 Å². The summed E-state index contributed by atoms with van der Waals surface area (Å²) >= 11 is 0. The summed E-state index contributed by atoms with van der Waals surface area (Å²) in [5, 5.41) is 3.01. The number of carbonyl (C=O) groups excluding carboxylic acids is 1. The molecule has 112 valence electrons. The first-order valence-electron chi connectivity index (χ1n) is 7.32. The highest BCUT2D eigenvalue weighted by molar-refractivity contribution is 5.97. The molecule has 1 unspecified atom stereocenters. The van der Waals surface area contributed by atoms with E-state index in [4.69, 9.17) is 10.5 Å². The first kappa shape index (κ1) is 16.3. The van der Waals surface area contributed by atoms with E-state index in [0.29, 0.717) is 17.0 Å². The summed E-state index contributed by atoms with van der Waals surface area (Å²) in [6.45, 7) is 4.23. The van der Waals surface area contributed by atoms with Crippen LogP contribution in [0.2, 0.25) is 0 Å². The van der Waals surface area contributed by atoms with Crippen LogP contribution >= 0.6 is 0 Å². The third-order valence-corrected chi connectivity index (χ3v) is 3.34. The molecule has 0 saturated carbocycles. The van der Waals surface area contributed by atoms with Crippen molar-refractivity contribution in [2.75, 3.05) is 12.8 Å². The quantitative estimate of drug-likeness (QED) is 0.566. The Hall–Kier alpha value is -1.71. The maximum atomic E-state index is 12.2. The lowest BCUT2D eigenvalue weighted by Crippen LogP contribution is -2.32. The Morgan fingerprint density at radius 3 is 2.75 bits per heavy atom. The molecule has 1 aromatic rings. The lowest BCUT2D eigenvalue weighted by Gasteiger charge is -2.15. The molecule has 3 N–H and O–H groups in total. The summed E-state index contributed by atoms with van der Waals surface area (Å²) in [5.41, 5.74) is 6.81. The van der Waals surface area contributed by atoms with Crippen LogP contribution in [0, 0.1) is 0 Å². The molecule has 20 heavy (non-hydrogen) atoms. The van der Waals surface area contributed by atoms with Crippen LogP contribution in [-0.2, 0) is 0 Å². The number of nitrogen functional groups attached to an aromatic ring is 1. The molecule has 0 spiro atoms. The molecule has 0 fully saturated rings. The number of carbonyl (C=O) groups is 1. The lowest BCUT2D eigenvalue weighted by molar-refractivity contribution is 0.0935. The molecule has 4 nitrogen and oxygen atoms in total. The average Bonchev–Trinajstić information content (AvgIpc) is 2.43. The summed E-state index contributed by atoms with van der Waals surface area (Å²) in [4.78, 5) is 12.2. The summed E-state index contributed by atoms with van der Waals surface area (Å²) in [5.74, 6) is 0.408. The Morgan fingerprint density at radius 1 is 1.35 bits per heavy atom. The highest BCUT2D eigenvalue weighted by Crippen LogP contribution is 2.21. The van der Waals surface area contributed by atoms with Crippen LogP contribution < -0.4 is 15.8 Å². The second-order valence-electron chi connectivity index (χ2n) is 5.18. The van der Waals surface area contributed by atoms with E-state index in [9.17, 15) is 4.79 Å². The zero-order valence-corrected chi connectivity index (χ0v) is 12.7. The zero-order chi connectivity index (χ0) is 15.0. The van der Waals surface area contributed by atoms with Crippen molar-refractivity contribution >= 4 is 11.6 Å². The number of amides is 1. The average molecular weight is 278 g/mol. The van der Waals surface area contributed by atoms with Crippen molar-refractivity contribution < 1.29 is 9.53 Å². The smallest absolute Gasteiger partial charge is 0.255 e. The van der Waals surface area contributed by atoms with Gasteiger partial charge in [0.25, 0.3) is 5.91 Å². The molecule has 0 aromatic heterocycles. The maximum absolute atomic E-state index is 12.2. The zero-order valence-electron chi connectivity index (χ0n) is 12.7. The third kappa shape index (κ3) is 5.11. The standard InChI is InChI=1S/C16H26N2O2/c1-4-5-6-7-8-12(2)18-16(19)14-10-9-13(17)11-15(14)20-3/h9-12H,4-8,17H2,1-3H3,(H,18,19). The van der Waals surface area contributed by atoms with E-state index in [1.165, 1.54) is 19.3 Å². The summed E-state index contributed by atoms with van der Waals surface area (Å²) in [6.07, 6.45) is 5.86. The number of rotatable bonds is 8. The van der Waals surface area contributed by atoms with E-state index >= 15 is 0 Å². The Balaban J connectivity index is 2.53. The van der Waals surface area contributed by atoms with Crippen molar-refractivity contribution in [3.8, 4) is 5.75 Å². The number of benzene rings is 1. The molecular formula is C16H26N2O2. The summed E-state index contributed by atoms with van der Waals surface area (Å²) < 4.78 is 5.20. The number of nitrogens with one attached hydrogen (secondary N) is 1. The van der Waals surface area contributed by atoms with Gasteiger partial charge >= 0.3 is 0 Å². The molecular weight excluding hydrogens is 252 g/mol. The van der Waals surface area contributed by atoms with E-state index in [1.54, 1.807) is 25.3 Å². The Labute approximate surface area is 121 Å². The van der Waals surface area contributed by atoms with Gasteiger partial charge in [-0.2, -0.15) is 0 Å². The topological polar surface area (TPSA) is 64.4 Å². The summed E-state index contributed by atoms with van der Waals surface area (Å²) in [7, 11) is 1.54. The molecule has 1 rings (SSSR count). The number of ether oxygens (including phenoxy) is 1. The first-order valence-corrected chi connectivity index (χ1v) is 7.32. The first-order chi connectivity index (χ1) is 9.58. The van der Waals surface area contributed by atoms with Crippen molar-refractivity contribution in [3.63, 3.8) is 0 Å². The second kappa shape index (κ2) is 8.46. The van der Waals surface area contributed by atoms with Gasteiger partial charge in [-0.1, -0.05) is 32.6 Å². The van der Waals surface area contributed by atoms with Gasteiger partial charge in [0.2, 0.25) is 0 Å². The maximum Gasteiger partial charge on any atom is 0.255 e. The molecule has 0 aliphatic heterocycles. The minimum absolute atomic E-state index is 0.107. The van der Waals surface area contributed by atoms with Gasteiger partial charge in [0.15, 0.2) is 0 Å². The number of anilines is 1. The van der Waals surface area contributed by atoms with E-state index in [1.807, 2.05) is 6.92 Å². The van der Waals surface area contributed by atoms with E-state index < -0.39 is 0 Å². The van der Waals surface area contributed by atoms with Crippen LogP contribution in [0.15, 0.2) is 18.2 Å². The van der Waals surface area contributed by atoms with E-state index in [-0.39, 0.29) is 11.9 Å². The Kier molecular flexibility index (Phi) is 6.91. The highest BCUT2D eigenvalue weighted by atomic mass is 16.5. The second-order valence-corrected chi connectivity index (χ2v) is 5.18. The van der Waals surface area contributed by atoms with Crippen LogP contribution in [0.5, 0.6) is 5.75 Å². The molecule has 0 heterocycles. The molecule has 1 atom stereocenters. The number of unbranched alkanes of at least 4 members (excludes halogenated alkanes) is 3. The third-order valence-electron chi connectivity index (χ3n) is 3.34. The normalized spacial score (nSPS) is 11.9. The minimum atomic E-state index is -0.107. The van der Waals surface area contributed by atoms with Crippen LogP contribution in [-0.4, -0.2) is 19.1 Å². The van der Waals surface area contributed by atoms with Crippen LogP contribution in [0.4, 0.5) is 5.69 Å². The van der Waals surface area contributed by atoms with Gasteiger partial charge in [0.05, 0.1) is 12.7 Å². The molecule has 0 aliphatic carbocycles. The number of hydrogen-bond acceptors (Lipinski definition) is 3. The van der Waals surface area contributed by atoms with Crippen LogP contribution in [0.3, 0.4) is 0 Å². The largest absolute Gasteiger partial charge is 0.496 e. The summed E-state index contributed by atoms with van der Waals surface area (Å²) in [6, 6.07) is 5.25. The molecule has 1 aromatic carbocycles. The SMILES string of the molecule is CCCCCCC(C)NC(=O)c1ccc(N)cc1OC. The molecule has 1 amide bonds. The highest BCUT2D eigenvalue weighted by Gasteiger charge is 2.14. The molecule has 0 bridgehead atoms. The van der Waals surface area contributed by atoms with E-state index in [2.05, 4.69) is 12.2 Å². The van der Waals surface area contributed by atoms with E-state index in [0.717, 1.165) is 12.8 Å². The van der Waals surface area contributed by atoms with Gasteiger partial charge in [-0.25, -0.2) is 0 Å². The van der Waals surface area contributed by atoms with Crippen molar-refractivity contribution in [2.45, 2.75) is 52.0 Å². The lowest BCUT2D eigenvalue weighted by atomic mass is 10.1. The fraction of sp³-hybridized carbons (Fsp3) is 0.562. The van der Waals surface area contributed by atoms with Crippen molar-refractivity contribution in [3.05, 3.63) is 23.8 Å². The minimum Gasteiger partial charge on any atom is -0.496 e. The van der Waals surface area contributed by atoms with Crippen molar-refractivity contribution in [2.24, 2.45) is 0 Å². The van der Waals surface area contributed by atoms with Gasteiger partial charge in [-0.05, 0) is 25.5 Å². The van der Waals surface area contributed by atoms with Crippen molar-refractivity contribution in [1.29, 1.82) is 0 Å². The fourth-order valence-corrected chi connectivity index (χ4v) is 2.15. The predicted molar refractivity (Wildman–Crippen MR) is 83.1 cm³/mol. The number of nitrogens with two attached hydrogens (primary N) is 1. The van der Waals surface area contributed by atoms with Gasteiger partial charge in [-0.3, -0.25) is 4.79 Å². The van der Waals surface area contributed by atoms with Gasteiger partial charge < -0.3 is 15.8 Å². The van der Waals surface area contributed by atoms with Crippen LogP contribution in [0.1, 0.15) is 56.3 Å². The van der Waals surface area contributed by atoms with Crippen LogP contribution in [0.25, 0.3) is 0 Å². The molecule has 0 aliphatic rings. The molecule has 0 radical (unpaired) electrons. The van der Waals surface area contributed by atoms with Gasteiger partial charge in [0.1, 0.15) is 5.75 Å².